The lowest BCUT2D eigenvalue weighted by molar-refractivity contribution is -0.148. The van der Waals surface area contributed by atoms with Crippen LogP contribution >= 0.6 is 0 Å². The van der Waals surface area contributed by atoms with Crippen LogP contribution in [0.1, 0.15) is 50.2 Å². The summed E-state index contributed by atoms with van der Waals surface area (Å²) in [6.45, 7) is 4.50. The first-order valence-corrected chi connectivity index (χ1v) is 11.9. The molecule has 2 saturated heterocycles. The van der Waals surface area contributed by atoms with Gasteiger partial charge in [0.2, 0.25) is 5.91 Å². The van der Waals surface area contributed by atoms with Gasteiger partial charge in [0.15, 0.2) is 0 Å². The van der Waals surface area contributed by atoms with E-state index >= 15 is 0 Å². The number of nitrogens with zero attached hydrogens (tertiary/aromatic N) is 1. The molecule has 3 atom stereocenters. The SMILES string of the molecule is CC(C)(CCC(=O)N1CC2CC1C2C(=O)O)NC(=O)OCC1c2ccccc2-c2ccccc21. The fourth-order valence-electron chi connectivity index (χ4n) is 5.81. The van der Waals surface area contributed by atoms with Crippen LogP contribution in [0.3, 0.4) is 0 Å². The van der Waals surface area contributed by atoms with Gasteiger partial charge in [0.1, 0.15) is 6.61 Å². The minimum Gasteiger partial charge on any atom is -0.481 e. The topological polar surface area (TPSA) is 95.9 Å². The summed E-state index contributed by atoms with van der Waals surface area (Å²) in [5.41, 5.74) is 4.04. The molecule has 3 fully saturated rings. The van der Waals surface area contributed by atoms with E-state index in [-0.39, 0.29) is 36.8 Å². The molecular weight excluding hydrogens is 432 g/mol. The quantitative estimate of drug-likeness (QED) is 0.648. The van der Waals surface area contributed by atoms with E-state index in [1.807, 2.05) is 38.1 Å². The number of carboxylic acid groups (broad SMARTS) is 1. The fourth-order valence-corrected chi connectivity index (χ4v) is 5.81. The molecule has 2 aliphatic heterocycles. The molecule has 7 nitrogen and oxygen atoms in total. The number of amides is 2. The number of alkyl carbamates (subject to hydrolysis) is 1. The molecule has 2 heterocycles. The third kappa shape index (κ3) is 3.93. The zero-order valence-corrected chi connectivity index (χ0v) is 19.5. The summed E-state index contributed by atoms with van der Waals surface area (Å²) in [6, 6.07) is 16.2. The number of carboxylic acids is 1. The van der Waals surface area contributed by atoms with Crippen LogP contribution in [0.4, 0.5) is 4.79 Å². The van der Waals surface area contributed by atoms with Gasteiger partial charge in [0, 0.05) is 30.5 Å². The number of carbonyl (C=O) groups excluding carboxylic acids is 2. The molecule has 2 bridgehead atoms. The number of rotatable bonds is 7. The summed E-state index contributed by atoms with van der Waals surface area (Å²) >= 11 is 0. The zero-order valence-electron chi connectivity index (χ0n) is 19.5. The van der Waals surface area contributed by atoms with Crippen molar-refractivity contribution in [1.29, 1.82) is 0 Å². The van der Waals surface area contributed by atoms with Gasteiger partial charge < -0.3 is 20.1 Å². The second kappa shape index (κ2) is 8.46. The Morgan fingerprint density at radius 2 is 1.68 bits per heavy atom. The molecule has 1 saturated carbocycles. The van der Waals surface area contributed by atoms with Gasteiger partial charge in [-0.05, 0) is 54.9 Å². The van der Waals surface area contributed by atoms with E-state index < -0.39 is 23.5 Å². The predicted octanol–water partition coefficient (Wildman–Crippen LogP) is 4.02. The van der Waals surface area contributed by atoms with Crippen LogP contribution in [0.2, 0.25) is 0 Å². The molecule has 2 amide bonds. The normalized spacial score (nSPS) is 22.5. The van der Waals surface area contributed by atoms with Crippen molar-refractivity contribution in [2.75, 3.05) is 13.2 Å². The maximum absolute atomic E-state index is 12.7. The van der Waals surface area contributed by atoms with Crippen molar-refractivity contribution in [2.45, 2.75) is 50.6 Å². The van der Waals surface area contributed by atoms with Crippen LogP contribution in [-0.4, -0.2) is 52.7 Å². The van der Waals surface area contributed by atoms with E-state index in [0.29, 0.717) is 13.0 Å². The van der Waals surface area contributed by atoms with Gasteiger partial charge >= 0.3 is 12.1 Å². The summed E-state index contributed by atoms with van der Waals surface area (Å²) in [6.07, 6.45) is 0.978. The number of fused-ring (bicyclic) bond motifs is 4. The molecule has 3 unspecified atom stereocenters. The lowest BCUT2D eigenvalue weighted by Crippen LogP contribution is -2.47. The highest BCUT2D eigenvalue weighted by Crippen LogP contribution is 2.47. The first kappa shape index (κ1) is 22.4. The van der Waals surface area contributed by atoms with Gasteiger partial charge in [-0.3, -0.25) is 9.59 Å². The van der Waals surface area contributed by atoms with Gasteiger partial charge in [-0.1, -0.05) is 48.5 Å². The summed E-state index contributed by atoms with van der Waals surface area (Å²) < 4.78 is 5.64. The third-order valence-corrected chi connectivity index (χ3v) is 7.65. The van der Waals surface area contributed by atoms with Gasteiger partial charge in [0.05, 0.1) is 5.92 Å². The van der Waals surface area contributed by atoms with Crippen molar-refractivity contribution >= 4 is 18.0 Å². The van der Waals surface area contributed by atoms with E-state index in [2.05, 4.69) is 29.6 Å². The third-order valence-electron chi connectivity index (χ3n) is 7.65. The van der Waals surface area contributed by atoms with Crippen LogP contribution in [0.15, 0.2) is 48.5 Å². The molecule has 178 valence electrons. The van der Waals surface area contributed by atoms with Gasteiger partial charge in [-0.2, -0.15) is 0 Å². The van der Waals surface area contributed by atoms with E-state index in [4.69, 9.17) is 4.74 Å². The Morgan fingerprint density at radius 1 is 1.06 bits per heavy atom. The molecule has 2 aromatic rings. The van der Waals surface area contributed by atoms with Gasteiger partial charge in [-0.25, -0.2) is 4.79 Å². The molecule has 0 aromatic heterocycles. The number of nitrogens with one attached hydrogen (secondary N) is 1. The average molecular weight is 463 g/mol. The van der Waals surface area contributed by atoms with E-state index in [1.165, 1.54) is 11.1 Å². The van der Waals surface area contributed by atoms with Crippen molar-refractivity contribution in [1.82, 2.24) is 10.2 Å². The second-order valence-corrected chi connectivity index (χ2v) is 10.3. The first-order valence-electron chi connectivity index (χ1n) is 11.9. The van der Waals surface area contributed by atoms with Crippen LogP contribution in [0, 0.1) is 11.8 Å². The lowest BCUT2D eigenvalue weighted by Gasteiger charge is -2.33. The lowest BCUT2D eigenvalue weighted by atomic mass is 9.74. The molecule has 2 N–H and O–H groups in total. The summed E-state index contributed by atoms with van der Waals surface area (Å²) in [5.74, 6) is -1.20. The highest BCUT2D eigenvalue weighted by atomic mass is 16.5. The maximum Gasteiger partial charge on any atom is 0.407 e. The van der Waals surface area contributed by atoms with E-state index in [1.54, 1.807) is 4.90 Å². The Kier molecular flexibility index (Phi) is 5.58. The standard InChI is InChI=1S/C27H30N2O5/c1-27(2,12-11-23(30)29-14-16-13-22(29)24(16)25(31)32)28-26(33)34-15-21-19-9-5-3-7-17(19)18-8-4-6-10-20(18)21/h3-10,16,21-22,24H,11-15H2,1-2H3,(H,28,33)(H,31,32). The summed E-state index contributed by atoms with van der Waals surface area (Å²) in [4.78, 5) is 38.4. The number of hydrogen-bond donors (Lipinski definition) is 2. The molecule has 6 rings (SSSR count). The van der Waals surface area contributed by atoms with Crippen LogP contribution in [0.5, 0.6) is 0 Å². The number of aliphatic carboxylic acids is 1. The molecule has 0 radical (unpaired) electrons. The highest BCUT2D eigenvalue weighted by molar-refractivity contribution is 5.81. The fraction of sp³-hybridized carbons (Fsp3) is 0.444. The zero-order chi connectivity index (χ0) is 24.0. The minimum atomic E-state index is -0.811. The largest absolute Gasteiger partial charge is 0.481 e. The smallest absolute Gasteiger partial charge is 0.407 e. The summed E-state index contributed by atoms with van der Waals surface area (Å²) in [5, 5.41) is 12.2. The van der Waals surface area contributed by atoms with Crippen LogP contribution in [0.25, 0.3) is 11.1 Å². The van der Waals surface area contributed by atoms with Crippen LogP contribution in [-0.2, 0) is 14.3 Å². The number of ether oxygens (including phenoxy) is 1. The molecule has 0 spiro atoms. The Morgan fingerprint density at radius 3 is 2.26 bits per heavy atom. The maximum atomic E-state index is 12.7. The van der Waals surface area contributed by atoms with Gasteiger partial charge in [-0.15, -0.1) is 0 Å². The molecule has 4 aliphatic rings. The monoisotopic (exact) mass is 462 g/mol. The number of carbonyl (C=O) groups is 3. The molecule has 7 heteroatoms. The first-order chi connectivity index (χ1) is 16.2. The molecule has 2 aliphatic carbocycles. The molecule has 2 aromatic carbocycles. The van der Waals surface area contributed by atoms with E-state index in [0.717, 1.165) is 17.5 Å². The van der Waals surface area contributed by atoms with Crippen LogP contribution < -0.4 is 5.32 Å². The van der Waals surface area contributed by atoms with Crippen molar-refractivity contribution in [3.05, 3.63) is 59.7 Å². The Labute approximate surface area is 199 Å². The molecular formula is C27H30N2O5. The summed E-state index contributed by atoms with van der Waals surface area (Å²) in [7, 11) is 0. The number of benzene rings is 2. The Bertz CT molecular complexity index is 1100. The van der Waals surface area contributed by atoms with Gasteiger partial charge in [0.25, 0.3) is 0 Å². The van der Waals surface area contributed by atoms with Crippen molar-refractivity contribution in [3.8, 4) is 11.1 Å². The number of hydrogen-bond acceptors (Lipinski definition) is 4. The Balaban J connectivity index is 1.14. The highest BCUT2D eigenvalue weighted by Gasteiger charge is 2.56. The average Bonchev–Trinajstić information content (AvgIpc) is 3.46. The molecule has 34 heavy (non-hydrogen) atoms. The minimum absolute atomic E-state index is 0.00771. The van der Waals surface area contributed by atoms with Crippen molar-refractivity contribution < 1.29 is 24.2 Å². The predicted molar refractivity (Wildman–Crippen MR) is 126 cm³/mol. The van der Waals surface area contributed by atoms with Crippen molar-refractivity contribution in [3.63, 3.8) is 0 Å². The van der Waals surface area contributed by atoms with E-state index in [9.17, 15) is 19.5 Å². The van der Waals surface area contributed by atoms with Crippen molar-refractivity contribution in [2.24, 2.45) is 11.8 Å². The second-order valence-electron chi connectivity index (χ2n) is 10.3. The Hall–Kier alpha value is -3.35.